The quantitative estimate of drug-likeness (QED) is 0.345. The summed E-state index contributed by atoms with van der Waals surface area (Å²) in [6.07, 6.45) is 0. The number of hydrogen-bond acceptors (Lipinski definition) is 7. The molecule has 2 atom stereocenters. The molecular weight excluding hydrogens is 418 g/mol. The summed E-state index contributed by atoms with van der Waals surface area (Å²) in [7, 11) is 0. The Morgan fingerprint density at radius 3 is 1.72 bits per heavy atom. The normalized spacial score (nSPS) is 13.4. The van der Waals surface area contributed by atoms with Gasteiger partial charge in [0.05, 0.1) is 6.04 Å². The standard InChI is InChI=1S/C9H18N2O3S.C9H17NO3S/c1-9(2,3)15-5-6(10)8(14)11-4-7(12)13;1-6(11)10-7(8(12)13)5-14-9(2,3)4/h6H,4-5,10H2,1-3H3,(H,11,14)(H,12,13);7H,5H2,1-4H3,(H,10,11)(H,12,13). The van der Waals surface area contributed by atoms with E-state index in [1.54, 1.807) is 11.8 Å². The Morgan fingerprint density at radius 2 is 1.38 bits per heavy atom. The van der Waals surface area contributed by atoms with Crippen molar-refractivity contribution in [1.82, 2.24) is 10.6 Å². The highest BCUT2D eigenvalue weighted by Gasteiger charge is 2.22. The van der Waals surface area contributed by atoms with Gasteiger partial charge in [-0.2, -0.15) is 23.5 Å². The van der Waals surface area contributed by atoms with Crippen LogP contribution in [-0.2, 0) is 19.2 Å². The Hall–Kier alpha value is -1.46. The topological polar surface area (TPSA) is 159 Å². The number of aliphatic carboxylic acids is 2. The van der Waals surface area contributed by atoms with Crippen LogP contribution < -0.4 is 16.4 Å². The molecule has 0 aliphatic rings. The molecule has 0 aromatic rings. The van der Waals surface area contributed by atoms with Crippen molar-refractivity contribution in [3.05, 3.63) is 0 Å². The van der Waals surface area contributed by atoms with E-state index in [1.807, 2.05) is 41.5 Å². The number of carbonyl (C=O) groups excluding carboxylic acids is 2. The molecule has 2 amide bonds. The minimum Gasteiger partial charge on any atom is -0.480 e. The van der Waals surface area contributed by atoms with Gasteiger partial charge in [-0.05, 0) is 0 Å². The zero-order valence-corrected chi connectivity index (χ0v) is 19.8. The van der Waals surface area contributed by atoms with Crippen molar-refractivity contribution in [2.75, 3.05) is 18.1 Å². The highest BCUT2D eigenvalue weighted by atomic mass is 32.2. The van der Waals surface area contributed by atoms with Crippen LogP contribution in [0.5, 0.6) is 0 Å². The fourth-order valence-corrected chi connectivity index (χ4v) is 3.19. The lowest BCUT2D eigenvalue weighted by Crippen LogP contribution is -2.44. The highest BCUT2D eigenvalue weighted by Crippen LogP contribution is 2.24. The number of hydrogen-bond donors (Lipinski definition) is 5. The van der Waals surface area contributed by atoms with Crippen molar-refractivity contribution in [3.63, 3.8) is 0 Å². The predicted molar refractivity (Wildman–Crippen MR) is 118 cm³/mol. The number of carboxylic acid groups (broad SMARTS) is 2. The summed E-state index contributed by atoms with van der Waals surface area (Å²) in [5, 5.41) is 21.8. The van der Waals surface area contributed by atoms with E-state index in [-0.39, 0.29) is 21.9 Å². The van der Waals surface area contributed by atoms with Gasteiger partial charge in [-0.1, -0.05) is 41.5 Å². The summed E-state index contributed by atoms with van der Waals surface area (Å²) in [5.41, 5.74) is 5.58. The van der Waals surface area contributed by atoms with Gasteiger partial charge in [0.25, 0.3) is 0 Å². The van der Waals surface area contributed by atoms with Gasteiger partial charge in [-0.25, -0.2) is 4.79 Å². The van der Waals surface area contributed by atoms with E-state index < -0.39 is 29.9 Å². The van der Waals surface area contributed by atoms with E-state index in [0.717, 1.165) is 0 Å². The summed E-state index contributed by atoms with van der Waals surface area (Å²) in [6.45, 7) is 13.0. The maximum Gasteiger partial charge on any atom is 0.327 e. The van der Waals surface area contributed by atoms with Crippen LogP contribution >= 0.6 is 23.5 Å². The maximum atomic E-state index is 11.3. The van der Waals surface area contributed by atoms with Crippen molar-refractivity contribution in [3.8, 4) is 0 Å². The minimum absolute atomic E-state index is 0.00612. The van der Waals surface area contributed by atoms with Crippen molar-refractivity contribution >= 4 is 47.3 Å². The molecule has 0 bridgehead atoms. The third-order valence-electron chi connectivity index (χ3n) is 2.81. The van der Waals surface area contributed by atoms with E-state index in [4.69, 9.17) is 15.9 Å². The highest BCUT2D eigenvalue weighted by molar-refractivity contribution is 8.00. The maximum absolute atomic E-state index is 11.3. The van der Waals surface area contributed by atoms with Crippen LogP contribution in [-0.4, -0.2) is 73.6 Å². The Balaban J connectivity index is 0. The van der Waals surface area contributed by atoms with Gasteiger partial charge < -0.3 is 26.6 Å². The Bertz CT molecular complexity index is 559. The van der Waals surface area contributed by atoms with Crippen LogP contribution in [0.2, 0.25) is 0 Å². The Labute approximate surface area is 181 Å². The molecule has 9 nitrogen and oxygen atoms in total. The molecule has 0 heterocycles. The molecular formula is C18H35N3O6S2. The first-order valence-corrected chi connectivity index (χ1v) is 10.9. The second-order valence-electron chi connectivity index (χ2n) is 8.16. The summed E-state index contributed by atoms with van der Waals surface area (Å²) < 4.78 is 0.0524. The number of rotatable bonds is 9. The molecule has 0 radical (unpaired) electrons. The Kier molecular flexibility index (Phi) is 14.1. The lowest BCUT2D eigenvalue weighted by molar-refractivity contribution is -0.140. The molecule has 0 aromatic heterocycles. The summed E-state index contributed by atoms with van der Waals surface area (Å²) in [4.78, 5) is 42.9. The molecule has 0 saturated carbocycles. The van der Waals surface area contributed by atoms with Crippen LogP contribution in [0.15, 0.2) is 0 Å². The van der Waals surface area contributed by atoms with E-state index in [0.29, 0.717) is 11.5 Å². The van der Waals surface area contributed by atoms with Crippen molar-refractivity contribution in [2.45, 2.75) is 70.0 Å². The monoisotopic (exact) mass is 453 g/mol. The average molecular weight is 454 g/mol. The first-order valence-electron chi connectivity index (χ1n) is 8.97. The molecule has 0 aliphatic heterocycles. The summed E-state index contributed by atoms with van der Waals surface area (Å²) in [6, 6.07) is -1.45. The van der Waals surface area contributed by atoms with Gasteiger partial charge in [-0.15, -0.1) is 0 Å². The van der Waals surface area contributed by atoms with E-state index in [1.165, 1.54) is 18.7 Å². The summed E-state index contributed by atoms with van der Waals surface area (Å²) >= 11 is 3.09. The van der Waals surface area contributed by atoms with Gasteiger partial charge in [-0.3, -0.25) is 14.4 Å². The van der Waals surface area contributed by atoms with Crippen LogP contribution in [0.3, 0.4) is 0 Å². The van der Waals surface area contributed by atoms with Gasteiger partial charge in [0, 0.05) is 27.9 Å². The number of carbonyl (C=O) groups is 4. The average Bonchev–Trinajstić information content (AvgIpc) is 2.52. The van der Waals surface area contributed by atoms with Crippen LogP contribution in [0, 0.1) is 0 Å². The van der Waals surface area contributed by atoms with Crippen molar-refractivity contribution < 1.29 is 29.4 Å². The smallest absolute Gasteiger partial charge is 0.327 e. The second kappa shape index (κ2) is 13.7. The van der Waals surface area contributed by atoms with Gasteiger partial charge >= 0.3 is 11.9 Å². The number of amides is 2. The van der Waals surface area contributed by atoms with E-state index in [9.17, 15) is 19.2 Å². The molecule has 170 valence electrons. The Morgan fingerprint density at radius 1 is 0.931 bits per heavy atom. The molecule has 6 N–H and O–H groups in total. The van der Waals surface area contributed by atoms with Crippen molar-refractivity contribution in [1.29, 1.82) is 0 Å². The number of thioether (sulfide) groups is 2. The first-order chi connectivity index (χ1) is 12.9. The molecule has 0 aromatic carbocycles. The molecule has 0 saturated heterocycles. The molecule has 29 heavy (non-hydrogen) atoms. The predicted octanol–water partition coefficient (Wildman–Crippen LogP) is 1.15. The zero-order chi connectivity index (χ0) is 23.4. The molecule has 2 unspecified atom stereocenters. The third kappa shape index (κ3) is 21.1. The molecule has 0 fully saturated rings. The van der Waals surface area contributed by atoms with Crippen LogP contribution in [0.1, 0.15) is 48.5 Å². The zero-order valence-electron chi connectivity index (χ0n) is 18.2. The SMILES string of the molecule is CC(=O)NC(CSC(C)(C)C)C(=O)O.CC(C)(C)SCC(N)C(=O)NCC(=O)O. The number of carboxylic acids is 2. The fraction of sp³-hybridized carbons (Fsp3) is 0.778. The summed E-state index contributed by atoms with van der Waals surface area (Å²) in [5.74, 6) is -1.93. The van der Waals surface area contributed by atoms with Gasteiger partial charge in [0.2, 0.25) is 11.8 Å². The lowest BCUT2D eigenvalue weighted by Gasteiger charge is -2.20. The second-order valence-corrected chi connectivity index (χ2v) is 11.8. The van der Waals surface area contributed by atoms with Gasteiger partial charge in [0.1, 0.15) is 12.6 Å². The molecule has 0 spiro atoms. The van der Waals surface area contributed by atoms with Crippen LogP contribution in [0.25, 0.3) is 0 Å². The molecule has 0 rings (SSSR count). The third-order valence-corrected chi connectivity index (χ3v) is 5.56. The number of nitrogens with one attached hydrogen (secondary N) is 2. The van der Waals surface area contributed by atoms with Crippen molar-refractivity contribution in [2.24, 2.45) is 5.73 Å². The molecule has 11 heteroatoms. The first kappa shape index (κ1) is 29.7. The van der Waals surface area contributed by atoms with E-state index >= 15 is 0 Å². The largest absolute Gasteiger partial charge is 0.480 e. The van der Waals surface area contributed by atoms with Gasteiger partial charge in [0.15, 0.2) is 0 Å². The number of nitrogens with two attached hydrogens (primary N) is 1. The molecule has 0 aliphatic carbocycles. The van der Waals surface area contributed by atoms with E-state index in [2.05, 4.69) is 10.6 Å². The fourth-order valence-electron chi connectivity index (χ4n) is 1.46. The van der Waals surface area contributed by atoms with Crippen LogP contribution in [0.4, 0.5) is 0 Å². The minimum atomic E-state index is -1.07. The lowest BCUT2D eigenvalue weighted by atomic mass is 10.3.